The van der Waals surface area contributed by atoms with Gasteiger partial charge in [0.05, 0.1) is 25.8 Å². The van der Waals surface area contributed by atoms with E-state index in [1.54, 1.807) is 6.92 Å². The molecule has 1 heterocycles. The third-order valence-corrected chi connectivity index (χ3v) is 7.14. The van der Waals surface area contributed by atoms with Crippen molar-refractivity contribution in [3.8, 4) is 0 Å². The summed E-state index contributed by atoms with van der Waals surface area (Å²) in [7, 11) is 0. The van der Waals surface area contributed by atoms with E-state index in [4.69, 9.17) is 4.99 Å². The summed E-state index contributed by atoms with van der Waals surface area (Å²) in [6.45, 7) is 10.0. The van der Waals surface area contributed by atoms with E-state index >= 15 is 0 Å². The predicted octanol–water partition coefficient (Wildman–Crippen LogP) is 7.19. The number of unbranched alkanes of at least 4 members (excludes halogenated alkanes) is 13. The van der Waals surface area contributed by atoms with Crippen molar-refractivity contribution >= 4 is 12.1 Å². The van der Waals surface area contributed by atoms with Crippen LogP contribution in [-0.2, 0) is 4.79 Å². The van der Waals surface area contributed by atoms with Gasteiger partial charge in [0.2, 0.25) is 5.91 Å². The Bertz CT molecular complexity index is 517. The van der Waals surface area contributed by atoms with Crippen LogP contribution in [0.25, 0.3) is 0 Å². The number of amides is 1. The van der Waals surface area contributed by atoms with Crippen molar-refractivity contribution in [2.45, 2.75) is 130 Å². The Morgan fingerprint density at radius 3 is 2.03 bits per heavy atom. The summed E-state index contributed by atoms with van der Waals surface area (Å²) in [5, 5.41) is 2.96. The number of nitrogens with one attached hydrogen (secondary N) is 1. The number of aliphatic imine (C=N–C) groups is 1. The number of hydrogen-bond acceptors (Lipinski definition) is 2. The fourth-order valence-corrected chi connectivity index (χ4v) is 4.89. The first kappa shape index (κ1) is 28.9. The molecule has 0 spiro atoms. The quantitative estimate of drug-likeness (QED) is 0.113. The minimum absolute atomic E-state index is 0.0685. The Hall–Kier alpha value is -1.16. The zero-order chi connectivity index (χ0) is 23.3. The Kier molecular flexibility index (Phi) is 17.4. The van der Waals surface area contributed by atoms with E-state index in [0.29, 0.717) is 6.17 Å². The fraction of sp³-hybridized carbons (Fsp3) is 0.857. The molecule has 1 N–H and O–H groups in total. The maximum absolute atomic E-state index is 11.2. The van der Waals surface area contributed by atoms with Gasteiger partial charge in [0, 0.05) is 13.3 Å². The van der Waals surface area contributed by atoms with Crippen molar-refractivity contribution in [3.05, 3.63) is 12.2 Å². The molecule has 186 valence electrons. The zero-order valence-electron chi connectivity index (χ0n) is 21.8. The molecule has 0 radical (unpaired) electrons. The number of nitrogens with zero attached hydrogens (tertiary/aromatic N) is 2. The summed E-state index contributed by atoms with van der Waals surface area (Å²) in [5.74, 6) is 0.0685. The highest BCUT2D eigenvalue weighted by atomic mass is 16.1. The number of carbonyl (C=O) groups excluding carboxylic acids is 1. The Labute approximate surface area is 199 Å². The van der Waals surface area contributed by atoms with E-state index in [-0.39, 0.29) is 5.91 Å². The van der Waals surface area contributed by atoms with Gasteiger partial charge in [-0.05, 0) is 39.0 Å². The Morgan fingerprint density at radius 2 is 1.47 bits per heavy atom. The number of allylic oxidation sites excluding steroid dienone is 2. The molecule has 0 fully saturated rings. The lowest BCUT2D eigenvalue weighted by atomic mass is 10.1. The molecule has 0 saturated carbocycles. The SMILES string of the molecule is CCCCCCCCCC/C=C/CCCCCCCC1N=CC[N+]1(CC)CCNC(C)=O. The Morgan fingerprint density at radius 1 is 0.906 bits per heavy atom. The molecule has 0 saturated heterocycles. The first-order valence-electron chi connectivity index (χ1n) is 13.9. The van der Waals surface area contributed by atoms with Gasteiger partial charge >= 0.3 is 0 Å². The molecule has 4 nitrogen and oxygen atoms in total. The average Bonchev–Trinajstić information content (AvgIpc) is 3.18. The highest BCUT2D eigenvalue weighted by molar-refractivity contribution is 5.72. The normalized spacial score (nSPS) is 20.4. The highest BCUT2D eigenvalue weighted by Gasteiger charge is 2.37. The van der Waals surface area contributed by atoms with Crippen molar-refractivity contribution in [1.82, 2.24) is 5.32 Å². The van der Waals surface area contributed by atoms with Crippen LogP contribution in [0.15, 0.2) is 17.1 Å². The third kappa shape index (κ3) is 13.4. The molecular weight excluding hydrogens is 394 g/mol. The van der Waals surface area contributed by atoms with Gasteiger partial charge in [-0.15, -0.1) is 0 Å². The number of rotatable bonds is 21. The number of likely N-dealkylation sites (N-methyl/N-ethyl adjacent to an activating group) is 1. The second-order valence-corrected chi connectivity index (χ2v) is 9.82. The summed E-state index contributed by atoms with van der Waals surface area (Å²) in [5.41, 5.74) is 0. The van der Waals surface area contributed by atoms with Crippen LogP contribution >= 0.6 is 0 Å². The first-order valence-corrected chi connectivity index (χ1v) is 13.9. The minimum Gasteiger partial charge on any atom is -0.351 e. The molecule has 0 aliphatic carbocycles. The van der Waals surface area contributed by atoms with Crippen molar-refractivity contribution in [3.63, 3.8) is 0 Å². The molecule has 32 heavy (non-hydrogen) atoms. The van der Waals surface area contributed by atoms with E-state index in [0.717, 1.165) is 30.7 Å². The van der Waals surface area contributed by atoms with Gasteiger partial charge in [0.1, 0.15) is 6.54 Å². The zero-order valence-corrected chi connectivity index (χ0v) is 21.8. The maximum Gasteiger partial charge on any atom is 0.217 e. The van der Waals surface area contributed by atoms with Crippen molar-refractivity contribution in [2.75, 3.05) is 26.2 Å². The molecule has 1 aliphatic heterocycles. The lowest BCUT2D eigenvalue weighted by molar-refractivity contribution is -0.935. The summed E-state index contributed by atoms with van der Waals surface area (Å²) >= 11 is 0. The molecule has 4 heteroatoms. The predicted molar refractivity (Wildman–Crippen MR) is 140 cm³/mol. The third-order valence-electron chi connectivity index (χ3n) is 7.14. The van der Waals surface area contributed by atoms with E-state index in [1.165, 1.54) is 103 Å². The van der Waals surface area contributed by atoms with Crippen LogP contribution in [0.1, 0.15) is 124 Å². The number of carbonyl (C=O) groups is 1. The van der Waals surface area contributed by atoms with Crippen LogP contribution in [-0.4, -0.2) is 48.9 Å². The molecule has 1 rings (SSSR count). The molecule has 1 aliphatic rings. The fourth-order valence-electron chi connectivity index (χ4n) is 4.89. The topological polar surface area (TPSA) is 41.5 Å². The van der Waals surface area contributed by atoms with E-state index in [1.807, 2.05) is 0 Å². The summed E-state index contributed by atoms with van der Waals surface area (Å²) in [4.78, 5) is 16.0. The molecule has 0 bridgehead atoms. The van der Waals surface area contributed by atoms with Gasteiger partial charge in [0.15, 0.2) is 6.17 Å². The summed E-state index contributed by atoms with van der Waals surface area (Å²) in [6.07, 6.45) is 29.0. The number of hydrogen-bond donors (Lipinski definition) is 1. The van der Waals surface area contributed by atoms with Crippen molar-refractivity contribution in [2.24, 2.45) is 4.99 Å². The van der Waals surface area contributed by atoms with Gasteiger partial charge in [-0.1, -0.05) is 83.3 Å². The van der Waals surface area contributed by atoms with E-state index < -0.39 is 0 Å². The van der Waals surface area contributed by atoms with Gasteiger partial charge in [-0.2, -0.15) is 0 Å². The first-order chi connectivity index (χ1) is 15.6. The van der Waals surface area contributed by atoms with Crippen LogP contribution in [0, 0.1) is 0 Å². The van der Waals surface area contributed by atoms with Crippen molar-refractivity contribution < 1.29 is 9.28 Å². The highest BCUT2D eigenvalue weighted by Crippen LogP contribution is 2.24. The van der Waals surface area contributed by atoms with Crippen LogP contribution < -0.4 is 5.32 Å². The summed E-state index contributed by atoms with van der Waals surface area (Å²) < 4.78 is 1.02. The van der Waals surface area contributed by atoms with Gasteiger partial charge < -0.3 is 5.32 Å². The molecular formula is C28H54N3O+. The van der Waals surface area contributed by atoms with E-state index in [9.17, 15) is 4.79 Å². The van der Waals surface area contributed by atoms with Gasteiger partial charge in [-0.25, -0.2) is 4.99 Å². The number of quaternary nitrogens is 1. The largest absolute Gasteiger partial charge is 0.351 e. The smallest absolute Gasteiger partial charge is 0.217 e. The Balaban J connectivity index is 1.97. The second-order valence-electron chi connectivity index (χ2n) is 9.82. The molecule has 2 unspecified atom stereocenters. The van der Waals surface area contributed by atoms with E-state index in [2.05, 4.69) is 37.5 Å². The average molecular weight is 449 g/mol. The molecule has 0 aromatic rings. The van der Waals surface area contributed by atoms with Gasteiger partial charge in [0.25, 0.3) is 0 Å². The van der Waals surface area contributed by atoms with Crippen molar-refractivity contribution in [1.29, 1.82) is 0 Å². The van der Waals surface area contributed by atoms with Crippen LogP contribution in [0.4, 0.5) is 0 Å². The lowest BCUT2D eigenvalue weighted by Gasteiger charge is -2.38. The van der Waals surface area contributed by atoms with Gasteiger partial charge in [-0.3, -0.25) is 9.28 Å². The van der Waals surface area contributed by atoms with Crippen LogP contribution in [0.2, 0.25) is 0 Å². The van der Waals surface area contributed by atoms with Crippen LogP contribution in [0.3, 0.4) is 0 Å². The summed E-state index contributed by atoms with van der Waals surface area (Å²) in [6, 6.07) is 0. The molecule has 0 aromatic carbocycles. The second kappa shape index (κ2) is 19.3. The van der Waals surface area contributed by atoms with Crippen LogP contribution in [0.5, 0.6) is 0 Å². The minimum atomic E-state index is 0.0685. The maximum atomic E-state index is 11.2. The lowest BCUT2D eigenvalue weighted by Crippen LogP contribution is -2.55. The molecule has 2 atom stereocenters. The monoisotopic (exact) mass is 448 g/mol. The molecule has 1 amide bonds. The standard InChI is InChI=1S/C28H53N3O/c1-4-6-7-8-9-10-11-12-13-14-15-16-17-18-19-20-21-22-28-30-24-26-31(28,5-2)25-23-29-27(3)32/h14-15,24,28H,4-13,16-23,25-26H2,1-3H3/p+1/b15-14+. The molecule has 0 aromatic heterocycles.